The van der Waals surface area contributed by atoms with Gasteiger partial charge >= 0.3 is 11.9 Å². The van der Waals surface area contributed by atoms with E-state index in [9.17, 15) is 14.7 Å². The van der Waals surface area contributed by atoms with Crippen LogP contribution in [0.4, 0.5) is 0 Å². The lowest BCUT2D eigenvalue weighted by molar-refractivity contribution is -0.230. The minimum Gasteiger partial charge on any atom is -0.469 e. The van der Waals surface area contributed by atoms with Gasteiger partial charge in [0.15, 0.2) is 0 Å². The Bertz CT molecular complexity index is 810. The van der Waals surface area contributed by atoms with Crippen molar-refractivity contribution in [1.29, 1.82) is 0 Å². The largest absolute Gasteiger partial charge is 0.469 e. The van der Waals surface area contributed by atoms with Crippen LogP contribution >= 0.6 is 0 Å². The predicted molar refractivity (Wildman–Crippen MR) is 105 cm³/mol. The summed E-state index contributed by atoms with van der Waals surface area (Å²) in [5.74, 6) is -0.931. The second kappa shape index (κ2) is 6.86. The van der Waals surface area contributed by atoms with Crippen LogP contribution in [-0.4, -0.2) is 36.4 Å². The fourth-order valence-electron chi connectivity index (χ4n) is 7.20. The Morgan fingerprint density at radius 1 is 1.24 bits per heavy atom. The molecule has 0 spiro atoms. The van der Waals surface area contributed by atoms with Gasteiger partial charge in [-0.1, -0.05) is 27.2 Å². The van der Waals surface area contributed by atoms with E-state index in [0.717, 1.165) is 30.6 Å². The first-order valence-corrected chi connectivity index (χ1v) is 10.6. The quantitative estimate of drug-likeness (QED) is 0.760. The average molecular weight is 405 g/mol. The van der Waals surface area contributed by atoms with Gasteiger partial charge in [0.2, 0.25) is 0 Å². The number of carbonyl (C=O) groups is 2. The highest BCUT2D eigenvalue weighted by Crippen LogP contribution is 2.65. The molecule has 0 aliphatic heterocycles. The Kier molecular flexibility index (Phi) is 4.84. The van der Waals surface area contributed by atoms with Crippen molar-refractivity contribution < 1.29 is 28.6 Å². The highest BCUT2D eigenvalue weighted by Gasteiger charge is 2.66. The van der Waals surface area contributed by atoms with E-state index in [1.807, 2.05) is 0 Å². The molecule has 0 aromatic carbocycles. The first kappa shape index (κ1) is 20.5. The maximum Gasteiger partial charge on any atom is 0.313 e. The van der Waals surface area contributed by atoms with Crippen LogP contribution in [0.25, 0.3) is 0 Å². The molecule has 160 valence electrons. The van der Waals surface area contributed by atoms with Crippen LogP contribution < -0.4 is 0 Å². The predicted octanol–water partition coefficient (Wildman–Crippen LogP) is 3.46. The molecule has 2 saturated carbocycles. The molecule has 0 amide bonds. The van der Waals surface area contributed by atoms with Crippen molar-refractivity contribution >= 4 is 11.9 Å². The van der Waals surface area contributed by atoms with Crippen molar-refractivity contribution in [3.8, 4) is 0 Å². The minimum atomic E-state index is -0.938. The highest BCUT2D eigenvalue weighted by molar-refractivity contribution is 5.79. The number of hydrogen-bond donors (Lipinski definition) is 1. The molecule has 1 aromatic heterocycles. The molecule has 29 heavy (non-hydrogen) atoms. The third-order valence-corrected chi connectivity index (χ3v) is 8.12. The number of hydrogen-bond acceptors (Lipinski definition) is 6. The van der Waals surface area contributed by atoms with Gasteiger partial charge in [0, 0.05) is 30.7 Å². The molecule has 6 heteroatoms. The fraction of sp³-hybridized carbons (Fsp3) is 0.739. The molecule has 1 heterocycles. The molecule has 3 aliphatic rings. The van der Waals surface area contributed by atoms with E-state index >= 15 is 0 Å². The van der Waals surface area contributed by atoms with Crippen molar-refractivity contribution in [1.82, 2.24) is 0 Å². The maximum absolute atomic E-state index is 12.9. The van der Waals surface area contributed by atoms with Crippen molar-refractivity contribution in [2.24, 2.45) is 28.6 Å². The summed E-state index contributed by atoms with van der Waals surface area (Å²) in [6, 6.07) is 1.81. The third kappa shape index (κ3) is 2.94. The summed E-state index contributed by atoms with van der Waals surface area (Å²) in [6.45, 7) is 8.05. The molecule has 0 saturated heterocycles. The van der Waals surface area contributed by atoms with E-state index in [1.54, 1.807) is 12.3 Å². The van der Waals surface area contributed by atoms with Crippen molar-refractivity contribution in [3.05, 3.63) is 23.7 Å². The van der Waals surface area contributed by atoms with Crippen LogP contribution in [0, 0.1) is 28.6 Å². The number of fused-ring (bicyclic) bond motifs is 4. The van der Waals surface area contributed by atoms with Gasteiger partial charge in [0.05, 0.1) is 25.4 Å². The lowest BCUT2D eigenvalue weighted by Gasteiger charge is -2.64. The molecule has 7 atom stereocenters. The molecule has 1 N–H and O–H groups in total. The normalized spacial score (nSPS) is 40.2. The molecular weight excluding hydrogens is 372 g/mol. The van der Waals surface area contributed by atoms with Gasteiger partial charge in [-0.2, -0.15) is 0 Å². The molecule has 3 aliphatic carbocycles. The van der Waals surface area contributed by atoms with Gasteiger partial charge in [0.25, 0.3) is 0 Å². The summed E-state index contributed by atoms with van der Waals surface area (Å²) in [7, 11) is 1.37. The van der Waals surface area contributed by atoms with E-state index in [0.29, 0.717) is 6.42 Å². The number of furan rings is 1. The standard InChI is InChI=1S/C23H32O6/c1-12(24)29-19-18(25)17-14(23(4)9-6-8-22(2,3)20(19)23)11-15-13(7-10-28-15)16(17)21(26)27-5/h7,10,14,16-20,25H,6,8-9,11H2,1-5H3/t14-,16+,17-,18-,19+,20+,23-/m1/s1. The van der Waals surface area contributed by atoms with Gasteiger partial charge in [-0.05, 0) is 35.7 Å². The Hall–Kier alpha value is -1.82. The molecule has 0 bridgehead atoms. The number of carbonyl (C=O) groups excluding carboxylic acids is 2. The Balaban J connectivity index is 1.89. The fourth-order valence-corrected chi connectivity index (χ4v) is 7.20. The number of methoxy groups -OCH3 is 1. The van der Waals surface area contributed by atoms with Gasteiger partial charge in [-0.25, -0.2) is 0 Å². The number of aliphatic hydroxyl groups excluding tert-OH is 1. The second-order valence-corrected chi connectivity index (χ2v) is 10.1. The first-order chi connectivity index (χ1) is 13.6. The summed E-state index contributed by atoms with van der Waals surface area (Å²) in [4.78, 5) is 24.9. The molecule has 2 fully saturated rings. The molecule has 1 aromatic rings. The number of ether oxygens (including phenoxy) is 2. The SMILES string of the molecule is COC(=O)[C@H]1c2ccoc2C[C@@H]2[C@H]1[C@@H](O)[C@H](OC(C)=O)[C@H]1C(C)(C)CCC[C@]21C. The van der Waals surface area contributed by atoms with Gasteiger partial charge < -0.3 is 19.0 Å². The van der Waals surface area contributed by atoms with Gasteiger partial charge in [-0.3, -0.25) is 9.59 Å². The molecule has 4 rings (SSSR count). The lowest BCUT2D eigenvalue weighted by Crippen LogP contribution is -2.66. The summed E-state index contributed by atoms with van der Waals surface area (Å²) >= 11 is 0. The van der Waals surface area contributed by atoms with Crippen molar-refractivity contribution in [2.75, 3.05) is 7.11 Å². The monoisotopic (exact) mass is 404 g/mol. The van der Waals surface area contributed by atoms with Crippen LogP contribution in [0.5, 0.6) is 0 Å². The zero-order valence-corrected chi connectivity index (χ0v) is 17.9. The summed E-state index contributed by atoms with van der Waals surface area (Å²) in [5.41, 5.74) is 0.502. The zero-order valence-electron chi connectivity index (χ0n) is 17.9. The Morgan fingerprint density at radius 3 is 2.62 bits per heavy atom. The molecular formula is C23H32O6. The summed E-state index contributed by atoms with van der Waals surface area (Å²) < 4.78 is 16.7. The van der Waals surface area contributed by atoms with Crippen LogP contribution in [0.3, 0.4) is 0 Å². The Morgan fingerprint density at radius 2 is 1.97 bits per heavy atom. The minimum absolute atomic E-state index is 0.00120. The smallest absolute Gasteiger partial charge is 0.313 e. The van der Waals surface area contributed by atoms with Crippen LogP contribution in [0.2, 0.25) is 0 Å². The van der Waals surface area contributed by atoms with Crippen LogP contribution in [-0.2, 0) is 25.5 Å². The van der Waals surface area contributed by atoms with E-state index in [1.165, 1.54) is 14.0 Å². The van der Waals surface area contributed by atoms with E-state index in [-0.39, 0.29) is 34.6 Å². The van der Waals surface area contributed by atoms with Crippen molar-refractivity contribution in [3.63, 3.8) is 0 Å². The average Bonchev–Trinajstić information content (AvgIpc) is 3.10. The van der Waals surface area contributed by atoms with Crippen molar-refractivity contribution in [2.45, 2.75) is 71.5 Å². The van der Waals surface area contributed by atoms with Crippen LogP contribution in [0.15, 0.2) is 16.7 Å². The number of aliphatic hydroxyl groups is 1. The molecule has 6 nitrogen and oxygen atoms in total. The van der Waals surface area contributed by atoms with Gasteiger partial charge in [0.1, 0.15) is 11.9 Å². The number of esters is 2. The van der Waals surface area contributed by atoms with E-state index < -0.39 is 24.1 Å². The lowest BCUT2D eigenvalue weighted by atomic mass is 9.42. The topological polar surface area (TPSA) is 86.0 Å². The Labute approximate surface area is 171 Å². The summed E-state index contributed by atoms with van der Waals surface area (Å²) in [6.07, 6.45) is 3.76. The molecule has 0 radical (unpaired) electrons. The second-order valence-electron chi connectivity index (χ2n) is 10.1. The van der Waals surface area contributed by atoms with E-state index in [4.69, 9.17) is 13.9 Å². The number of rotatable bonds is 2. The maximum atomic E-state index is 12.9. The summed E-state index contributed by atoms with van der Waals surface area (Å²) in [5, 5.41) is 11.6. The third-order valence-electron chi connectivity index (χ3n) is 8.12. The van der Waals surface area contributed by atoms with Crippen LogP contribution in [0.1, 0.15) is 64.2 Å². The zero-order chi connectivity index (χ0) is 21.1. The van der Waals surface area contributed by atoms with Gasteiger partial charge in [-0.15, -0.1) is 0 Å². The highest BCUT2D eigenvalue weighted by atomic mass is 16.6. The molecule has 0 unspecified atom stereocenters. The van der Waals surface area contributed by atoms with E-state index in [2.05, 4.69) is 20.8 Å². The first-order valence-electron chi connectivity index (χ1n) is 10.6.